The van der Waals surface area contributed by atoms with Crippen LogP contribution in [-0.2, 0) is 11.0 Å². The minimum atomic E-state index is -4.55. The Morgan fingerprint density at radius 3 is 2.55 bits per heavy atom. The van der Waals surface area contributed by atoms with Crippen molar-refractivity contribution in [2.45, 2.75) is 45.3 Å². The van der Waals surface area contributed by atoms with E-state index in [1.54, 1.807) is 17.1 Å². The molecule has 2 aromatic heterocycles. The monoisotopic (exact) mass is 452 g/mol. The summed E-state index contributed by atoms with van der Waals surface area (Å²) in [6, 6.07) is 1.10. The van der Waals surface area contributed by atoms with Gasteiger partial charge in [-0.2, -0.15) is 13.2 Å². The highest BCUT2D eigenvalue weighted by Crippen LogP contribution is 2.37. The van der Waals surface area contributed by atoms with Crippen LogP contribution >= 0.6 is 11.6 Å². The average molecular weight is 453 g/mol. The first-order chi connectivity index (χ1) is 14.4. The van der Waals surface area contributed by atoms with Crippen molar-refractivity contribution < 1.29 is 18.0 Å². The van der Waals surface area contributed by atoms with Crippen molar-refractivity contribution in [3.8, 4) is 0 Å². The number of nitrogens with zero attached hydrogens (tertiary/aromatic N) is 4. The van der Waals surface area contributed by atoms with E-state index in [0.29, 0.717) is 23.7 Å². The van der Waals surface area contributed by atoms with E-state index >= 15 is 0 Å². The quantitative estimate of drug-likeness (QED) is 0.513. The number of anilines is 1. The number of rotatable bonds is 6. The van der Waals surface area contributed by atoms with Gasteiger partial charge in [0.25, 0.3) is 0 Å². The zero-order valence-corrected chi connectivity index (χ0v) is 18.3. The Balaban J connectivity index is 1.93. The zero-order chi connectivity index (χ0) is 23.1. The van der Waals surface area contributed by atoms with Crippen molar-refractivity contribution in [2.24, 2.45) is 0 Å². The van der Waals surface area contributed by atoms with Crippen LogP contribution in [0.5, 0.6) is 0 Å². The molecule has 0 unspecified atom stereocenters. The molecule has 5 nitrogen and oxygen atoms in total. The van der Waals surface area contributed by atoms with Gasteiger partial charge in [0.05, 0.1) is 5.69 Å². The predicted molar refractivity (Wildman–Crippen MR) is 116 cm³/mol. The SMILES string of the molecule is C=C(Cl)/C=C\C(=C)n1ccc(N2CC[C@H](n3cc(C(F)(F)F)nc3C)C2=O)c1C(C)C. The fourth-order valence-electron chi connectivity index (χ4n) is 3.85. The minimum absolute atomic E-state index is 0.0630. The molecule has 0 saturated carbocycles. The summed E-state index contributed by atoms with van der Waals surface area (Å²) in [5.74, 6) is -0.0359. The Morgan fingerprint density at radius 1 is 1.32 bits per heavy atom. The second-order valence-corrected chi connectivity index (χ2v) is 8.24. The standard InChI is InChI=1S/C22H24ClF3N4O/c1-13(2)20-17(8-10-28(20)15(4)7-6-14(3)23)29-11-9-18(21(29)31)30-12-19(22(24,25)26)27-16(30)5/h6-8,10,12-13,18H,3-4,9,11H2,1-2,5H3/b7-6-/t18-/m0/s1. The summed E-state index contributed by atoms with van der Waals surface area (Å²) in [6.45, 7) is 13.5. The Labute approximate surface area is 184 Å². The van der Waals surface area contributed by atoms with E-state index in [2.05, 4.69) is 18.1 Å². The van der Waals surface area contributed by atoms with Crippen LogP contribution in [0, 0.1) is 6.92 Å². The lowest BCUT2D eigenvalue weighted by Crippen LogP contribution is -2.29. The highest BCUT2D eigenvalue weighted by Gasteiger charge is 2.40. The van der Waals surface area contributed by atoms with Crippen LogP contribution in [0.1, 0.15) is 49.4 Å². The van der Waals surface area contributed by atoms with Gasteiger partial charge in [0.2, 0.25) is 5.91 Å². The molecular weight excluding hydrogens is 429 g/mol. The summed E-state index contributed by atoms with van der Waals surface area (Å²) < 4.78 is 42.3. The highest BCUT2D eigenvalue weighted by atomic mass is 35.5. The van der Waals surface area contributed by atoms with Gasteiger partial charge in [-0.25, -0.2) is 4.98 Å². The second kappa shape index (κ2) is 8.42. The molecule has 0 bridgehead atoms. The number of imidazole rings is 1. The van der Waals surface area contributed by atoms with E-state index in [1.807, 2.05) is 30.7 Å². The number of allylic oxidation sites excluding steroid dienone is 4. The number of amides is 1. The Bertz CT molecular complexity index is 1060. The van der Waals surface area contributed by atoms with Crippen LogP contribution in [0.25, 0.3) is 5.70 Å². The number of carbonyl (C=O) groups excluding carboxylic acids is 1. The molecule has 3 heterocycles. The number of halogens is 4. The van der Waals surface area contributed by atoms with E-state index < -0.39 is 17.9 Å². The second-order valence-electron chi connectivity index (χ2n) is 7.76. The van der Waals surface area contributed by atoms with E-state index in [9.17, 15) is 18.0 Å². The van der Waals surface area contributed by atoms with Gasteiger partial charge in [-0.3, -0.25) is 4.79 Å². The van der Waals surface area contributed by atoms with Crippen LogP contribution < -0.4 is 4.90 Å². The summed E-state index contributed by atoms with van der Waals surface area (Å²) in [5.41, 5.74) is 1.26. The molecule has 3 rings (SSSR count). The van der Waals surface area contributed by atoms with Crippen molar-refractivity contribution in [3.05, 3.63) is 66.0 Å². The minimum Gasteiger partial charge on any atom is -0.322 e. The number of carbonyl (C=O) groups is 1. The van der Waals surface area contributed by atoms with Gasteiger partial charge in [0.15, 0.2) is 5.69 Å². The van der Waals surface area contributed by atoms with Crippen molar-refractivity contribution in [1.82, 2.24) is 14.1 Å². The molecule has 0 spiro atoms. The van der Waals surface area contributed by atoms with Crippen molar-refractivity contribution >= 4 is 28.9 Å². The molecule has 0 N–H and O–H groups in total. The molecule has 0 aromatic carbocycles. The van der Waals surface area contributed by atoms with E-state index in [0.717, 1.165) is 17.6 Å². The number of alkyl halides is 3. The molecule has 1 saturated heterocycles. The topological polar surface area (TPSA) is 43.1 Å². The lowest BCUT2D eigenvalue weighted by Gasteiger charge is -2.21. The largest absolute Gasteiger partial charge is 0.434 e. The van der Waals surface area contributed by atoms with Crippen LogP contribution in [0.4, 0.5) is 18.9 Å². The first-order valence-corrected chi connectivity index (χ1v) is 10.2. The maximum atomic E-state index is 13.2. The van der Waals surface area contributed by atoms with Crippen LogP contribution in [0.3, 0.4) is 0 Å². The van der Waals surface area contributed by atoms with Gasteiger partial charge in [-0.1, -0.05) is 38.6 Å². The number of aromatic nitrogens is 3. The third-order valence-corrected chi connectivity index (χ3v) is 5.35. The molecule has 31 heavy (non-hydrogen) atoms. The molecule has 1 atom stereocenters. The molecular formula is C22H24ClF3N4O. The highest BCUT2D eigenvalue weighted by molar-refractivity contribution is 6.30. The smallest absolute Gasteiger partial charge is 0.322 e. The fraction of sp³-hybridized carbons (Fsp3) is 0.364. The van der Waals surface area contributed by atoms with Gasteiger partial charge in [0.1, 0.15) is 11.9 Å². The van der Waals surface area contributed by atoms with Gasteiger partial charge >= 0.3 is 6.18 Å². The predicted octanol–water partition coefficient (Wildman–Crippen LogP) is 5.89. The molecule has 1 fully saturated rings. The molecule has 2 aromatic rings. The zero-order valence-electron chi connectivity index (χ0n) is 17.6. The summed E-state index contributed by atoms with van der Waals surface area (Å²) in [4.78, 5) is 18.4. The summed E-state index contributed by atoms with van der Waals surface area (Å²) in [7, 11) is 0. The van der Waals surface area contributed by atoms with E-state index in [4.69, 9.17) is 11.6 Å². The fourth-order valence-corrected chi connectivity index (χ4v) is 3.92. The lowest BCUT2D eigenvalue weighted by molar-refractivity contribution is -0.141. The summed E-state index contributed by atoms with van der Waals surface area (Å²) in [5, 5.41) is 0.367. The summed E-state index contributed by atoms with van der Waals surface area (Å²) in [6.07, 6.45) is 1.93. The number of hydrogen-bond donors (Lipinski definition) is 0. The third-order valence-electron chi connectivity index (χ3n) is 5.23. The Kier molecular flexibility index (Phi) is 6.23. The van der Waals surface area contributed by atoms with E-state index in [-0.39, 0.29) is 17.6 Å². The van der Waals surface area contributed by atoms with Gasteiger partial charge in [-0.05, 0) is 37.5 Å². The molecule has 0 aliphatic carbocycles. The van der Waals surface area contributed by atoms with Crippen LogP contribution in [0.2, 0.25) is 0 Å². The molecule has 9 heteroatoms. The van der Waals surface area contributed by atoms with Crippen molar-refractivity contribution in [2.75, 3.05) is 11.4 Å². The molecule has 1 aliphatic heterocycles. The summed E-state index contributed by atoms with van der Waals surface area (Å²) >= 11 is 5.79. The first-order valence-electron chi connectivity index (χ1n) is 9.78. The molecule has 0 radical (unpaired) electrons. The van der Waals surface area contributed by atoms with Gasteiger partial charge in [-0.15, -0.1) is 0 Å². The molecule has 1 amide bonds. The maximum Gasteiger partial charge on any atom is 0.434 e. The molecule has 166 valence electrons. The van der Waals surface area contributed by atoms with Crippen LogP contribution in [-0.4, -0.2) is 26.6 Å². The van der Waals surface area contributed by atoms with Crippen molar-refractivity contribution in [3.63, 3.8) is 0 Å². The lowest BCUT2D eigenvalue weighted by atomic mass is 10.1. The number of hydrogen-bond acceptors (Lipinski definition) is 2. The van der Waals surface area contributed by atoms with Crippen molar-refractivity contribution in [1.29, 1.82) is 0 Å². The Morgan fingerprint density at radius 2 is 2.00 bits per heavy atom. The normalized spacial score (nSPS) is 17.4. The maximum absolute atomic E-state index is 13.2. The average Bonchev–Trinajstić information content (AvgIpc) is 3.35. The van der Waals surface area contributed by atoms with Crippen LogP contribution in [0.15, 0.2) is 48.8 Å². The van der Waals surface area contributed by atoms with E-state index in [1.165, 1.54) is 11.5 Å². The molecule has 1 aliphatic rings. The number of aryl methyl sites for hydroxylation is 1. The van der Waals surface area contributed by atoms with Gasteiger partial charge in [0, 0.05) is 35.4 Å². The Hall–Kier alpha value is -2.74. The first kappa shape index (κ1) is 22.9. The third kappa shape index (κ3) is 4.49. The van der Waals surface area contributed by atoms with Gasteiger partial charge < -0.3 is 14.0 Å².